The second-order valence-electron chi connectivity index (χ2n) is 4.37. The third-order valence-electron chi connectivity index (χ3n) is 2.83. The molecule has 6 heteroatoms. The summed E-state index contributed by atoms with van der Waals surface area (Å²) >= 11 is 0. The van der Waals surface area contributed by atoms with E-state index in [0.717, 1.165) is 18.4 Å². The molecule has 0 radical (unpaired) electrons. The predicted molar refractivity (Wildman–Crippen MR) is 74.7 cm³/mol. The molecule has 0 aliphatic heterocycles. The molecule has 19 heavy (non-hydrogen) atoms. The monoisotopic (exact) mass is 267 g/mol. The molecule has 0 aromatic heterocycles. The quantitative estimate of drug-likeness (QED) is 0.310. The van der Waals surface area contributed by atoms with E-state index in [1.165, 1.54) is 18.9 Å². The second kappa shape index (κ2) is 8.44. The summed E-state index contributed by atoms with van der Waals surface area (Å²) in [6, 6.07) is 4.85. The average molecular weight is 267 g/mol. The standard InChI is InChI=1S/C13H21N3O3/c1-2-3-4-5-8-19-10-11-6-7-12(15-14)13(9-11)16(17)18/h6-7,9,15H,2-5,8,10,14H2,1H3. The molecule has 0 aliphatic carbocycles. The molecule has 0 unspecified atom stereocenters. The van der Waals surface area contributed by atoms with E-state index in [4.69, 9.17) is 10.6 Å². The minimum atomic E-state index is -0.458. The number of hydrazine groups is 1. The van der Waals surface area contributed by atoms with Crippen molar-refractivity contribution >= 4 is 11.4 Å². The Morgan fingerprint density at radius 1 is 1.37 bits per heavy atom. The summed E-state index contributed by atoms with van der Waals surface area (Å²) in [6.45, 7) is 3.23. The maximum Gasteiger partial charge on any atom is 0.294 e. The molecule has 1 aromatic carbocycles. The molecule has 106 valence electrons. The van der Waals surface area contributed by atoms with Gasteiger partial charge in [-0.15, -0.1) is 0 Å². The molecule has 0 bridgehead atoms. The van der Waals surface area contributed by atoms with E-state index < -0.39 is 4.92 Å². The first kappa shape index (κ1) is 15.4. The highest BCUT2D eigenvalue weighted by Gasteiger charge is 2.13. The number of nitro benzene ring substituents is 1. The highest BCUT2D eigenvalue weighted by Crippen LogP contribution is 2.24. The molecule has 0 atom stereocenters. The van der Waals surface area contributed by atoms with Gasteiger partial charge in [0.25, 0.3) is 5.69 Å². The van der Waals surface area contributed by atoms with Gasteiger partial charge in [-0.25, -0.2) is 0 Å². The minimum Gasteiger partial charge on any atom is -0.377 e. The Bertz CT molecular complexity index is 410. The fraction of sp³-hybridized carbons (Fsp3) is 0.538. The predicted octanol–water partition coefficient (Wildman–Crippen LogP) is 2.98. The summed E-state index contributed by atoms with van der Waals surface area (Å²) in [5.41, 5.74) is 3.36. The highest BCUT2D eigenvalue weighted by atomic mass is 16.6. The smallest absolute Gasteiger partial charge is 0.294 e. The highest BCUT2D eigenvalue weighted by molar-refractivity contribution is 5.61. The molecule has 1 rings (SSSR count). The Morgan fingerprint density at radius 3 is 2.79 bits per heavy atom. The van der Waals surface area contributed by atoms with Gasteiger partial charge in [-0.05, 0) is 18.1 Å². The number of nitrogens with two attached hydrogens (primary N) is 1. The zero-order valence-corrected chi connectivity index (χ0v) is 11.2. The first-order valence-electron chi connectivity index (χ1n) is 6.50. The molecule has 3 N–H and O–H groups in total. The van der Waals surface area contributed by atoms with E-state index >= 15 is 0 Å². The third kappa shape index (κ3) is 5.23. The van der Waals surface area contributed by atoms with Crippen molar-refractivity contribution < 1.29 is 9.66 Å². The van der Waals surface area contributed by atoms with E-state index in [2.05, 4.69) is 12.3 Å². The van der Waals surface area contributed by atoms with Gasteiger partial charge in [0.1, 0.15) is 5.69 Å². The molecule has 0 saturated carbocycles. The number of rotatable bonds is 9. The van der Waals surface area contributed by atoms with Crippen LogP contribution in [0, 0.1) is 10.1 Å². The Kier molecular flexibility index (Phi) is 6.84. The number of hydrogen-bond acceptors (Lipinski definition) is 5. The second-order valence-corrected chi connectivity index (χ2v) is 4.37. The van der Waals surface area contributed by atoms with Crippen LogP contribution in [0.4, 0.5) is 11.4 Å². The number of nitrogens with zero attached hydrogens (tertiary/aromatic N) is 1. The van der Waals surface area contributed by atoms with Crippen LogP contribution in [0.25, 0.3) is 0 Å². The number of nitrogens with one attached hydrogen (secondary N) is 1. The topological polar surface area (TPSA) is 90.4 Å². The van der Waals surface area contributed by atoms with E-state index in [1.807, 2.05) is 0 Å². The lowest BCUT2D eigenvalue weighted by molar-refractivity contribution is -0.384. The molecular formula is C13H21N3O3. The number of hydrogen-bond donors (Lipinski definition) is 2. The lowest BCUT2D eigenvalue weighted by Crippen LogP contribution is -2.09. The van der Waals surface area contributed by atoms with Gasteiger partial charge in [0.2, 0.25) is 0 Å². The molecule has 6 nitrogen and oxygen atoms in total. The molecule has 0 aliphatic rings. The van der Waals surface area contributed by atoms with Crippen molar-refractivity contribution in [3.8, 4) is 0 Å². The Morgan fingerprint density at radius 2 is 2.16 bits per heavy atom. The van der Waals surface area contributed by atoms with Crippen molar-refractivity contribution in [2.24, 2.45) is 5.84 Å². The van der Waals surface area contributed by atoms with E-state index in [1.54, 1.807) is 12.1 Å². The molecule has 1 aromatic rings. The van der Waals surface area contributed by atoms with Crippen molar-refractivity contribution in [2.75, 3.05) is 12.0 Å². The molecule has 0 amide bonds. The lowest BCUT2D eigenvalue weighted by atomic mass is 10.2. The minimum absolute atomic E-state index is 0.0328. The van der Waals surface area contributed by atoms with E-state index in [0.29, 0.717) is 18.9 Å². The van der Waals surface area contributed by atoms with Gasteiger partial charge in [-0.3, -0.25) is 16.0 Å². The summed E-state index contributed by atoms with van der Waals surface area (Å²) in [4.78, 5) is 10.4. The number of unbranched alkanes of at least 4 members (excludes halogenated alkanes) is 3. The fourth-order valence-electron chi connectivity index (χ4n) is 1.76. The lowest BCUT2D eigenvalue weighted by Gasteiger charge is -2.06. The largest absolute Gasteiger partial charge is 0.377 e. The zero-order valence-electron chi connectivity index (χ0n) is 11.2. The maximum atomic E-state index is 10.9. The number of nitro groups is 1. The van der Waals surface area contributed by atoms with Crippen LogP contribution < -0.4 is 11.3 Å². The van der Waals surface area contributed by atoms with Crippen molar-refractivity contribution in [3.63, 3.8) is 0 Å². The van der Waals surface area contributed by atoms with Crippen LogP contribution in [0.1, 0.15) is 38.2 Å². The van der Waals surface area contributed by atoms with Crippen LogP contribution in [0.2, 0.25) is 0 Å². The van der Waals surface area contributed by atoms with Gasteiger partial charge in [-0.1, -0.05) is 32.3 Å². The molecular weight excluding hydrogens is 246 g/mol. The van der Waals surface area contributed by atoms with Crippen LogP contribution in [0.5, 0.6) is 0 Å². The van der Waals surface area contributed by atoms with Crippen LogP contribution >= 0.6 is 0 Å². The Balaban J connectivity index is 2.46. The van der Waals surface area contributed by atoms with E-state index in [-0.39, 0.29) is 5.69 Å². The Labute approximate surface area is 113 Å². The molecule has 0 fully saturated rings. The van der Waals surface area contributed by atoms with Crippen molar-refractivity contribution in [2.45, 2.75) is 39.2 Å². The summed E-state index contributed by atoms with van der Waals surface area (Å²) in [7, 11) is 0. The third-order valence-corrected chi connectivity index (χ3v) is 2.83. The van der Waals surface area contributed by atoms with Gasteiger partial charge in [0.15, 0.2) is 0 Å². The van der Waals surface area contributed by atoms with Crippen molar-refractivity contribution in [3.05, 3.63) is 33.9 Å². The van der Waals surface area contributed by atoms with Crippen LogP contribution in [0.15, 0.2) is 18.2 Å². The van der Waals surface area contributed by atoms with Gasteiger partial charge in [-0.2, -0.15) is 0 Å². The summed E-state index contributed by atoms with van der Waals surface area (Å²) in [6.07, 6.45) is 4.59. The summed E-state index contributed by atoms with van der Waals surface area (Å²) < 4.78 is 5.50. The summed E-state index contributed by atoms with van der Waals surface area (Å²) in [5.74, 6) is 5.22. The number of benzene rings is 1. The van der Waals surface area contributed by atoms with Gasteiger partial charge in [0, 0.05) is 12.7 Å². The first-order valence-corrected chi connectivity index (χ1v) is 6.50. The molecule has 0 saturated heterocycles. The van der Waals surface area contributed by atoms with Crippen molar-refractivity contribution in [1.82, 2.24) is 0 Å². The Hall–Kier alpha value is -1.66. The van der Waals surface area contributed by atoms with Crippen LogP contribution in [-0.4, -0.2) is 11.5 Å². The molecule has 0 spiro atoms. The number of anilines is 1. The normalized spacial score (nSPS) is 10.4. The number of ether oxygens (including phenoxy) is 1. The van der Waals surface area contributed by atoms with E-state index in [9.17, 15) is 10.1 Å². The number of nitrogen functional groups attached to an aromatic ring is 1. The van der Waals surface area contributed by atoms with Crippen LogP contribution in [0.3, 0.4) is 0 Å². The first-order chi connectivity index (χ1) is 9.19. The average Bonchev–Trinajstić information content (AvgIpc) is 2.42. The SMILES string of the molecule is CCCCCCOCc1ccc(NN)c([N+](=O)[O-])c1. The van der Waals surface area contributed by atoms with Gasteiger partial charge < -0.3 is 10.2 Å². The van der Waals surface area contributed by atoms with Crippen molar-refractivity contribution in [1.29, 1.82) is 0 Å². The zero-order chi connectivity index (χ0) is 14.1. The molecule has 0 heterocycles. The fourth-order valence-corrected chi connectivity index (χ4v) is 1.76. The summed E-state index contributed by atoms with van der Waals surface area (Å²) in [5, 5.41) is 10.9. The van der Waals surface area contributed by atoms with Gasteiger partial charge in [0.05, 0.1) is 11.5 Å². The van der Waals surface area contributed by atoms with Gasteiger partial charge >= 0.3 is 0 Å². The van der Waals surface area contributed by atoms with Crippen LogP contribution in [-0.2, 0) is 11.3 Å². The maximum absolute atomic E-state index is 10.9.